The Morgan fingerprint density at radius 1 is 1.18 bits per heavy atom. The molecule has 2 N–H and O–H groups in total. The standard InChI is InChI=1S/C24H23ClN2O6/c1-24(2,3)20-12-21(27-33-20)26-22(28)13-4-6-14(7-5-13)32-19-11-18-16(10-17(19)25)15(23(29)30)8-9-31-18/h4-7,10-12,15H,8-9H2,1-3H3,(H,29,30)(H,26,27,28). The van der Waals surface area contributed by atoms with Gasteiger partial charge < -0.3 is 24.4 Å². The molecule has 1 amide bonds. The Labute approximate surface area is 195 Å². The molecule has 4 rings (SSSR count). The average Bonchev–Trinajstić information content (AvgIpc) is 3.23. The summed E-state index contributed by atoms with van der Waals surface area (Å²) >= 11 is 6.33. The van der Waals surface area contributed by atoms with Gasteiger partial charge in [0.1, 0.15) is 23.0 Å². The Morgan fingerprint density at radius 2 is 1.91 bits per heavy atom. The van der Waals surface area contributed by atoms with Crippen LogP contribution < -0.4 is 14.8 Å². The monoisotopic (exact) mass is 470 g/mol. The number of fused-ring (bicyclic) bond motifs is 1. The van der Waals surface area contributed by atoms with Gasteiger partial charge in [-0.1, -0.05) is 37.5 Å². The molecule has 8 nitrogen and oxygen atoms in total. The van der Waals surface area contributed by atoms with Gasteiger partial charge in [0.2, 0.25) is 0 Å². The van der Waals surface area contributed by atoms with Gasteiger partial charge >= 0.3 is 5.97 Å². The number of hydrogen-bond acceptors (Lipinski definition) is 6. The van der Waals surface area contributed by atoms with Crippen LogP contribution in [0.2, 0.25) is 5.02 Å². The van der Waals surface area contributed by atoms with Crippen LogP contribution in [0.3, 0.4) is 0 Å². The van der Waals surface area contributed by atoms with Crippen LogP contribution in [0.5, 0.6) is 17.2 Å². The summed E-state index contributed by atoms with van der Waals surface area (Å²) in [7, 11) is 0. The Kier molecular flexibility index (Phi) is 6.03. The number of carboxylic acids is 1. The number of aromatic nitrogens is 1. The van der Waals surface area contributed by atoms with Crippen LogP contribution >= 0.6 is 11.6 Å². The lowest BCUT2D eigenvalue weighted by Gasteiger charge is -2.24. The number of benzene rings is 2. The molecular formula is C24H23ClN2O6. The van der Waals surface area contributed by atoms with Gasteiger partial charge in [-0.15, -0.1) is 0 Å². The highest BCUT2D eigenvalue weighted by molar-refractivity contribution is 6.32. The summed E-state index contributed by atoms with van der Waals surface area (Å²) in [5, 5.41) is 16.3. The van der Waals surface area contributed by atoms with Gasteiger partial charge in [0, 0.05) is 28.7 Å². The normalized spacial score (nSPS) is 15.3. The van der Waals surface area contributed by atoms with Crippen molar-refractivity contribution in [3.63, 3.8) is 0 Å². The minimum atomic E-state index is -0.918. The van der Waals surface area contributed by atoms with Crippen molar-refractivity contribution in [2.45, 2.75) is 38.5 Å². The quantitative estimate of drug-likeness (QED) is 0.497. The number of hydrogen-bond donors (Lipinski definition) is 2. The van der Waals surface area contributed by atoms with E-state index in [0.29, 0.717) is 53.0 Å². The molecule has 0 bridgehead atoms. The number of aliphatic carboxylic acids is 1. The molecule has 1 aliphatic rings. The average molecular weight is 471 g/mol. The van der Waals surface area contributed by atoms with Crippen LogP contribution in [0.4, 0.5) is 5.82 Å². The van der Waals surface area contributed by atoms with E-state index in [9.17, 15) is 14.7 Å². The smallest absolute Gasteiger partial charge is 0.311 e. The molecule has 0 aliphatic carbocycles. The van der Waals surface area contributed by atoms with Crippen molar-refractivity contribution >= 4 is 29.3 Å². The molecule has 1 atom stereocenters. The largest absolute Gasteiger partial charge is 0.493 e. The summed E-state index contributed by atoms with van der Waals surface area (Å²) in [6.45, 7) is 6.27. The van der Waals surface area contributed by atoms with Crippen molar-refractivity contribution in [3.05, 3.63) is 64.4 Å². The lowest BCUT2D eigenvalue weighted by atomic mass is 9.93. The molecule has 0 radical (unpaired) electrons. The third kappa shape index (κ3) is 4.96. The zero-order chi connectivity index (χ0) is 23.8. The summed E-state index contributed by atoms with van der Waals surface area (Å²) < 4.78 is 16.7. The highest BCUT2D eigenvalue weighted by Crippen LogP contribution is 2.41. The number of halogens is 1. The van der Waals surface area contributed by atoms with Gasteiger partial charge in [0.15, 0.2) is 5.82 Å². The molecular weight excluding hydrogens is 448 g/mol. The second-order valence-corrected chi connectivity index (χ2v) is 9.16. The molecule has 1 unspecified atom stereocenters. The molecule has 0 fully saturated rings. The van der Waals surface area contributed by atoms with Gasteiger partial charge in [-0.25, -0.2) is 0 Å². The molecule has 0 saturated heterocycles. The van der Waals surface area contributed by atoms with Crippen molar-refractivity contribution in [1.29, 1.82) is 0 Å². The summed E-state index contributed by atoms with van der Waals surface area (Å²) in [6.07, 6.45) is 0.383. The SMILES string of the molecule is CC(C)(C)c1cc(NC(=O)c2ccc(Oc3cc4c(cc3Cl)C(C(=O)O)CCO4)cc2)no1. The summed E-state index contributed by atoms with van der Waals surface area (Å²) in [4.78, 5) is 24.0. The molecule has 2 aromatic carbocycles. The topological polar surface area (TPSA) is 111 Å². The van der Waals surface area contributed by atoms with Gasteiger partial charge in [-0.2, -0.15) is 0 Å². The van der Waals surface area contributed by atoms with Crippen LogP contribution in [0.1, 0.15) is 54.8 Å². The molecule has 2 heterocycles. The highest BCUT2D eigenvalue weighted by Gasteiger charge is 2.29. The minimum absolute atomic E-state index is 0.216. The lowest BCUT2D eigenvalue weighted by molar-refractivity contribution is -0.139. The fraction of sp³-hybridized carbons (Fsp3) is 0.292. The number of nitrogens with one attached hydrogen (secondary N) is 1. The number of carbonyl (C=O) groups is 2. The number of carbonyl (C=O) groups excluding carboxylic acids is 1. The van der Waals surface area contributed by atoms with E-state index in [1.54, 1.807) is 42.5 Å². The van der Waals surface area contributed by atoms with Crippen LogP contribution in [-0.2, 0) is 10.2 Å². The number of rotatable bonds is 5. The second kappa shape index (κ2) is 8.78. The van der Waals surface area contributed by atoms with E-state index < -0.39 is 11.9 Å². The van der Waals surface area contributed by atoms with Gasteiger partial charge in [-0.3, -0.25) is 9.59 Å². The van der Waals surface area contributed by atoms with E-state index >= 15 is 0 Å². The number of carboxylic acid groups (broad SMARTS) is 1. The van der Waals surface area contributed by atoms with Crippen LogP contribution in [-0.4, -0.2) is 28.7 Å². The second-order valence-electron chi connectivity index (χ2n) is 8.76. The van der Waals surface area contributed by atoms with Crippen molar-refractivity contribution in [3.8, 4) is 17.2 Å². The van der Waals surface area contributed by atoms with Crippen molar-refractivity contribution in [1.82, 2.24) is 5.16 Å². The number of anilines is 1. The number of ether oxygens (including phenoxy) is 2. The van der Waals surface area contributed by atoms with E-state index in [1.807, 2.05) is 20.8 Å². The van der Waals surface area contributed by atoms with Gasteiger partial charge in [0.05, 0.1) is 17.5 Å². The molecule has 1 aliphatic heterocycles. The maximum atomic E-state index is 12.5. The highest BCUT2D eigenvalue weighted by atomic mass is 35.5. The number of nitrogens with zero attached hydrogens (tertiary/aromatic N) is 1. The van der Waals surface area contributed by atoms with E-state index in [2.05, 4.69) is 10.5 Å². The fourth-order valence-corrected chi connectivity index (χ4v) is 3.61. The molecule has 33 heavy (non-hydrogen) atoms. The molecule has 1 aromatic heterocycles. The maximum absolute atomic E-state index is 12.5. The van der Waals surface area contributed by atoms with E-state index in [0.717, 1.165) is 0 Å². The third-order valence-corrected chi connectivity index (χ3v) is 5.53. The Hall–Kier alpha value is -3.52. The summed E-state index contributed by atoms with van der Waals surface area (Å²) in [5.74, 6) is 0.307. The zero-order valence-corrected chi connectivity index (χ0v) is 19.1. The summed E-state index contributed by atoms with van der Waals surface area (Å²) in [5.41, 5.74) is 0.722. The van der Waals surface area contributed by atoms with E-state index in [1.165, 1.54) is 0 Å². The Balaban J connectivity index is 1.46. The molecule has 3 aromatic rings. The predicted molar refractivity (Wildman–Crippen MR) is 122 cm³/mol. The maximum Gasteiger partial charge on any atom is 0.311 e. The van der Waals surface area contributed by atoms with Crippen molar-refractivity contribution < 1.29 is 28.7 Å². The van der Waals surface area contributed by atoms with Crippen molar-refractivity contribution in [2.75, 3.05) is 11.9 Å². The summed E-state index contributed by atoms with van der Waals surface area (Å²) in [6, 6.07) is 11.3. The zero-order valence-electron chi connectivity index (χ0n) is 18.3. The first-order chi connectivity index (χ1) is 15.6. The number of amides is 1. The minimum Gasteiger partial charge on any atom is -0.493 e. The van der Waals surface area contributed by atoms with Crippen LogP contribution in [0.15, 0.2) is 47.0 Å². The third-order valence-electron chi connectivity index (χ3n) is 5.24. The predicted octanol–water partition coefficient (Wildman–Crippen LogP) is 5.62. The van der Waals surface area contributed by atoms with Crippen LogP contribution in [0.25, 0.3) is 0 Å². The van der Waals surface area contributed by atoms with Gasteiger partial charge in [0.25, 0.3) is 5.91 Å². The fourth-order valence-electron chi connectivity index (χ4n) is 3.40. The lowest BCUT2D eigenvalue weighted by Crippen LogP contribution is -2.20. The first-order valence-electron chi connectivity index (χ1n) is 10.4. The van der Waals surface area contributed by atoms with Crippen LogP contribution in [0, 0.1) is 0 Å². The Bertz CT molecular complexity index is 1200. The molecule has 0 saturated carbocycles. The molecule has 0 spiro atoms. The molecule has 172 valence electrons. The first-order valence-corrected chi connectivity index (χ1v) is 10.7. The molecule has 9 heteroatoms. The van der Waals surface area contributed by atoms with Gasteiger partial charge in [-0.05, 0) is 36.8 Å². The van der Waals surface area contributed by atoms with Crippen molar-refractivity contribution in [2.24, 2.45) is 0 Å². The van der Waals surface area contributed by atoms with E-state index in [-0.39, 0.29) is 16.3 Å². The van der Waals surface area contributed by atoms with E-state index in [4.69, 9.17) is 25.6 Å². The Morgan fingerprint density at radius 3 is 2.55 bits per heavy atom. The first kappa shape index (κ1) is 22.7.